The van der Waals surface area contributed by atoms with Gasteiger partial charge >= 0.3 is 12.1 Å². The zero-order chi connectivity index (χ0) is 25.6. The van der Waals surface area contributed by atoms with Crippen molar-refractivity contribution in [2.45, 2.75) is 6.18 Å². The molecule has 12 heteroatoms. The molecule has 184 valence electrons. The number of halogens is 3. The summed E-state index contributed by atoms with van der Waals surface area (Å²) in [6.07, 6.45) is -3.41. The summed E-state index contributed by atoms with van der Waals surface area (Å²) in [6, 6.07) is 9.78. The van der Waals surface area contributed by atoms with Gasteiger partial charge in [-0.2, -0.15) is 13.2 Å². The number of para-hydroxylation sites is 1. The lowest BCUT2D eigenvalue weighted by Crippen LogP contribution is -2.23. The molecule has 35 heavy (non-hydrogen) atoms. The zero-order valence-electron chi connectivity index (χ0n) is 18.4. The van der Waals surface area contributed by atoms with Gasteiger partial charge < -0.3 is 29.3 Å². The van der Waals surface area contributed by atoms with E-state index < -0.39 is 41.8 Å². The molecule has 1 aromatic heterocycles. The summed E-state index contributed by atoms with van der Waals surface area (Å²) in [7, 11) is 2.66. The van der Waals surface area contributed by atoms with Crippen LogP contribution in [0.25, 0.3) is 0 Å². The number of carbonyl (C=O) groups is 3. The lowest BCUT2D eigenvalue weighted by atomic mass is 10.1. The minimum absolute atomic E-state index is 0.0400. The number of carbonyl (C=O) groups excluding carboxylic acids is 3. The summed E-state index contributed by atoms with van der Waals surface area (Å²) in [6.45, 7) is -0.898. The Morgan fingerprint density at radius 1 is 0.914 bits per heavy atom. The van der Waals surface area contributed by atoms with E-state index in [1.165, 1.54) is 56.9 Å². The summed E-state index contributed by atoms with van der Waals surface area (Å²) in [5.41, 5.74) is -1.79. The van der Waals surface area contributed by atoms with Gasteiger partial charge in [-0.1, -0.05) is 12.1 Å². The Balaban J connectivity index is 1.78. The summed E-state index contributed by atoms with van der Waals surface area (Å²) < 4.78 is 59.7. The molecule has 0 aliphatic heterocycles. The van der Waals surface area contributed by atoms with E-state index in [0.717, 1.165) is 12.1 Å². The topological polar surface area (TPSA) is 116 Å². The lowest BCUT2D eigenvalue weighted by Gasteiger charge is -2.15. The number of nitrogens with one attached hydrogen (secondary N) is 2. The van der Waals surface area contributed by atoms with E-state index in [2.05, 4.69) is 10.6 Å². The van der Waals surface area contributed by atoms with Crippen LogP contribution in [-0.4, -0.2) is 38.6 Å². The van der Waals surface area contributed by atoms with Crippen LogP contribution in [0.2, 0.25) is 0 Å². The Bertz CT molecular complexity index is 1220. The Labute approximate surface area is 196 Å². The molecule has 0 bridgehead atoms. The van der Waals surface area contributed by atoms with Crippen LogP contribution in [0.15, 0.2) is 59.2 Å². The summed E-state index contributed by atoms with van der Waals surface area (Å²) >= 11 is 0. The van der Waals surface area contributed by atoms with E-state index in [1.54, 1.807) is 0 Å². The van der Waals surface area contributed by atoms with Gasteiger partial charge in [0.15, 0.2) is 23.9 Å². The molecule has 0 atom stereocenters. The van der Waals surface area contributed by atoms with Crippen molar-refractivity contribution in [3.8, 4) is 11.5 Å². The maximum atomic E-state index is 13.1. The number of rotatable bonds is 8. The van der Waals surface area contributed by atoms with Gasteiger partial charge in [-0.05, 0) is 24.3 Å². The standard InChI is InChI=1S/C23H19F3N2O7/c1-32-18-10-13(16(11-19(18)33-2)28-21(30)17-8-5-9-34-17)22(31)35-12-20(29)27-15-7-4-3-6-14(15)23(24,25)26/h3-11H,12H2,1-2H3,(H,27,29)(H,28,30). The third kappa shape index (κ3) is 6.10. The maximum absolute atomic E-state index is 13.1. The normalized spacial score (nSPS) is 10.9. The molecule has 0 spiro atoms. The zero-order valence-corrected chi connectivity index (χ0v) is 18.4. The van der Waals surface area contributed by atoms with Crippen molar-refractivity contribution in [1.29, 1.82) is 0 Å². The molecular formula is C23H19F3N2O7. The van der Waals surface area contributed by atoms with Crippen LogP contribution in [0.3, 0.4) is 0 Å². The molecule has 3 rings (SSSR count). The van der Waals surface area contributed by atoms with Gasteiger partial charge in [0.2, 0.25) is 0 Å². The number of anilines is 2. The van der Waals surface area contributed by atoms with Gasteiger partial charge in [-0.3, -0.25) is 9.59 Å². The number of benzene rings is 2. The Morgan fingerprint density at radius 3 is 2.23 bits per heavy atom. The highest BCUT2D eigenvalue weighted by molar-refractivity contribution is 6.07. The molecule has 0 saturated carbocycles. The molecule has 0 saturated heterocycles. The smallest absolute Gasteiger partial charge is 0.418 e. The summed E-state index contributed by atoms with van der Waals surface area (Å²) in [4.78, 5) is 37.3. The fourth-order valence-electron chi connectivity index (χ4n) is 2.98. The average Bonchev–Trinajstić information content (AvgIpc) is 3.37. The average molecular weight is 492 g/mol. The van der Waals surface area contributed by atoms with Gasteiger partial charge in [0, 0.05) is 12.1 Å². The number of hydrogen-bond acceptors (Lipinski definition) is 7. The molecule has 0 unspecified atom stereocenters. The third-order valence-electron chi connectivity index (χ3n) is 4.58. The quantitative estimate of drug-likeness (QED) is 0.449. The first-order valence-electron chi connectivity index (χ1n) is 9.88. The number of alkyl halides is 3. The molecule has 0 aliphatic carbocycles. The van der Waals surface area contributed by atoms with E-state index in [9.17, 15) is 27.6 Å². The van der Waals surface area contributed by atoms with Crippen molar-refractivity contribution >= 4 is 29.2 Å². The first kappa shape index (κ1) is 25.1. The second kappa shape index (κ2) is 10.6. The number of furan rings is 1. The van der Waals surface area contributed by atoms with E-state index in [4.69, 9.17) is 18.6 Å². The van der Waals surface area contributed by atoms with Crippen molar-refractivity contribution < 1.29 is 46.2 Å². The number of hydrogen-bond donors (Lipinski definition) is 2. The first-order chi connectivity index (χ1) is 16.6. The van der Waals surface area contributed by atoms with Gasteiger partial charge in [0.05, 0.1) is 43.0 Å². The van der Waals surface area contributed by atoms with Gasteiger partial charge in [-0.15, -0.1) is 0 Å². The van der Waals surface area contributed by atoms with Gasteiger partial charge in [0.25, 0.3) is 11.8 Å². The lowest BCUT2D eigenvalue weighted by molar-refractivity contribution is -0.137. The second-order valence-electron chi connectivity index (χ2n) is 6.85. The predicted octanol–water partition coefficient (Wildman–Crippen LogP) is 4.36. The van der Waals surface area contributed by atoms with Crippen molar-refractivity contribution in [1.82, 2.24) is 0 Å². The number of methoxy groups -OCH3 is 2. The Morgan fingerprint density at radius 2 is 1.60 bits per heavy atom. The molecular weight excluding hydrogens is 473 g/mol. The maximum Gasteiger partial charge on any atom is 0.418 e. The van der Waals surface area contributed by atoms with Crippen LogP contribution in [0.5, 0.6) is 11.5 Å². The number of ether oxygens (including phenoxy) is 3. The first-order valence-corrected chi connectivity index (χ1v) is 9.88. The predicted molar refractivity (Wildman–Crippen MR) is 117 cm³/mol. The minimum Gasteiger partial charge on any atom is -0.493 e. The van der Waals surface area contributed by atoms with E-state index in [0.29, 0.717) is 0 Å². The highest BCUT2D eigenvalue weighted by Gasteiger charge is 2.33. The Hall–Kier alpha value is -4.48. The van der Waals surface area contributed by atoms with Crippen molar-refractivity contribution in [3.05, 3.63) is 71.7 Å². The van der Waals surface area contributed by atoms with Crippen LogP contribution in [0.4, 0.5) is 24.5 Å². The van der Waals surface area contributed by atoms with Crippen molar-refractivity contribution in [2.24, 2.45) is 0 Å². The van der Waals surface area contributed by atoms with Crippen molar-refractivity contribution in [3.63, 3.8) is 0 Å². The molecule has 9 nitrogen and oxygen atoms in total. The van der Waals surface area contributed by atoms with Crippen LogP contribution in [0.1, 0.15) is 26.5 Å². The Kier molecular flexibility index (Phi) is 7.64. The monoisotopic (exact) mass is 492 g/mol. The molecule has 0 fully saturated rings. The van der Waals surface area contributed by atoms with Crippen LogP contribution in [-0.2, 0) is 15.7 Å². The summed E-state index contributed by atoms with van der Waals surface area (Å²) in [5.74, 6) is -2.48. The fraction of sp³-hybridized carbons (Fsp3) is 0.174. The van der Waals surface area contributed by atoms with Crippen molar-refractivity contribution in [2.75, 3.05) is 31.5 Å². The molecule has 1 heterocycles. The molecule has 0 aliphatic rings. The molecule has 2 amide bonds. The highest BCUT2D eigenvalue weighted by atomic mass is 19.4. The van der Waals surface area contributed by atoms with Crippen LogP contribution in [0, 0.1) is 0 Å². The van der Waals surface area contributed by atoms with Crippen LogP contribution < -0.4 is 20.1 Å². The SMILES string of the molecule is COc1cc(NC(=O)c2ccco2)c(C(=O)OCC(=O)Nc2ccccc2C(F)(F)F)cc1OC. The molecule has 0 radical (unpaired) electrons. The van der Waals surface area contributed by atoms with Gasteiger partial charge in [-0.25, -0.2) is 4.79 Å². The minimum atomic E-state index is -4.69. The highest BCUT2D eigenvalue weighted by Crippen LogP contribution is 2.35. The van der Waals surface area contributed by atoms with Crippen LogP contribution >= 0.6 is 0 Å². The molecule has 2 N–H and O–H groups in total. The van der Waals surface area contributed by atoms with E-state index >= 15 is 0 Å². The molecule has 3 aromatic rings. The molecule has 2 aromatic carbocycles. The largest absolute Gasteiger partial charge is 0.493 e. The third-order valence-corrected chi connectivity index (χ3v) is 4.58. The van der Waals surface area contributed by atoms with E-state index in [-0.39, 0.29) is 28.5 Å². The second-order valence-corrected chi connectivity index (χ2v) is 6.85. The van der Waals surface area contributed by atoms with Gasteiger partial charge in [0.1, 0.15) is 0 Å². The van der Waals surface area contributed by atoms with E-state index in [1.807, 2.05) is 0 Å². The number of amides is 2. The fourth-order valence-corrected chi connectivity index (χ4v) is 2.98. The summed E-state index contributed by atoms with van der Waals surface area (Å²) in [5, 5.41) is 4.54. The number of esters is 1.